The van der Waals surface area contributed by atoms with Gasteiger partial charge in [-0.15, -0.1) is 0 Å². The summed E-state index contributed by atoms with van der Waals surface area (Å²) in [4.78, 5) is 0. The van der Waals surface area contributed by atoms with Crippen LogP contribution in [0, 0.1) is 24.2 Å². The van der Waals surface area contributed by atoms with Crippen LogP contribution in [0.1, 0.15) is 17.0 Å². The first-order valence-electron chi connectivity index (χ1n) is 4.98. The molecule has 0 aromatic heterocycles. The van der Waals surface area contributed by atoms with Crippen LogP contribution in [0.4, 0.5) is 0 Å². The van der Waals surface area contributed by atoms with Gasteiger partial charge in [-0.05, 0) is 12.5 Å². The normalized spacial score (nSPS) is 26.0. The SMILES string of the molecule is Cc1ccc([C@H]2CNC[C@H]2C#N)cc1. The maximum absolute atomic E-state index is 8.96. The van der Waals surface area contributed by atoms with Crippen molar-refractivity contribution in [2.24, 2.45) is 5.92 Å². The molecule has 0 amide bonds. The summed E-state index contributed by atoms with van der Waals surface area (Å²) in [5, 5.41) is 12.2. The van der Waals surface area contributed by atoms with Crippen LogP contribution in [-0.4, -0.2) is 13.1 Å². The van der Waals surface area contributed by atoms with Crippen molar-refractivity contribution in [2.45, 2.75) is 12.8 Å². The number of nitrogens with one attached hydrogen (secondary N) is 1. The summed E-state index contributed by atoms with van der Waals surface area (Å²) in [7, 11) is 0. The van der Waals surface area contributed by atoms with Gasteiger partial charge in [0.15, 0.2) is 0 Å². The van der Waals surface area contributed by atoms with Crippen molar-refractivity contribution in [1.82, 2.24) is 5.32 Å². The molecule has 0 unspecified atom stereocenters. The van der Waals surface area contributed by atoms with E-state index >= 15 is 0 Å². The van der Waals surface area contributed by atoms with Gasteiger partial charge < -0.3 is 5.32 Å². The highest BCUT2D eigenvalue weighted by Crippen LogP contribution is 2.27. The van der Waals surface area contributed by atoms with Crippen molar-refractivity contribution < 1.29 is 0 Å². The van der Waals surface area contributed by atoms with Gasteiger partial charge in [0.25, 0.3) is 0 Å². The molecule has 0 radical (unpaired) electrons. The monoisotopic (exact) mass is 186 g/mol. The summed E-state index contributed by atoms with van der Waals surface area (Å²) in [5.41, 5.74) is 2.56. The van der Waals surface area contributed by atoms with Crippen LogP contribution in [0.2, 0.25) is 0 Å². The van der Waals surface area contributed by atoms with E-state index in [9.17, 15) is 0 Å². The molecule has 0 bridgehead atoms. The van der Waals surface area contributed by atoms with Crippen molar-refractivity contribution in [1.29, 1.82) is 5.26 Å². The predicted molar refractivity (Wildman–Crippen MR) is 55.9 cm³/mol. The summed E-state index contributed by atoms with van der Waals surface area (Å²) in [6.45, 7) is 3.84. The molecule has 2 rings (SSSR count). The molecule has 1 fully saturated rings. The van der Waals surface area contributed by atoms with E-state index in [-0.39, 0.29) is 5.92 Å². The lowest BCUT2D eigenvalue weighted by atomic mass is 9.90. The van der Waals surface area contributed by atoms with E-state index in [1.165, 1.54) is 11.1 Å². The van der Waals surface area contributed by atoms with E-state index in [0.29, 0.717) is 5.92 Å². The van der Waals surface area contributed by atoms with Crippen LogP contribution >= 0.6 is 0 Å². The zero-order valence-corrected chi connectivity index (χ0v) is 8.33. The van der Waals surface area contributed by atoms with E-state index in [2.05, 4.69) is 42.6 Å². The Morgan fingerprint density at radius 1 is 1.29 bits per heavy atom. The highest BCUT2D eigenvalue weighted by molar-refractivity contribution is 5.27. The van der Waals surface area contributed by atoms with Crippen LogP contribution in [0.3, 0.4) is 0 Å². The van der Waals surface area contributed by atoms with Gasteiger partial charge in [-0.2, -0.15) is 5.26 Å². The Labute approximate surface area is 84.6 Å². The van der Waals surface area contributed by atoms with Crippen LogP contribution in [0.5, 0.6) is 0 Å². The van der Waals surface area contributed by atoms with E-state index < -0.39 is 0 Å². The fourth-order valence-electron chi connectivity index (χ4n) is 1.98. The quantitative estimate of drug-likeness (QED) is 0.726. The molecule has 1 heterocycles. The van der Waals surface area contributed by atoms with Crippen LogP contribution in [-0.2, 0) is 0 Å². The molecule has 1 aliphatic heterocycles. The summed E-state index contributed by atoms with van der Waals surface area (Å²) >= 11 is 0. The third kappa shape index (κ3) is 1.64. The number of hydrogen-bond donors (Lipinski definition) is 1. The minimum absolute atomic E-state index is 0.137. The smallest absolute Gasteiger partial charge is 0.0676 e. The zero-order valence-electron chi connectivity index (χ0n) is 8.33. The van der Waals surface area contributed by atoms with E-state index in [1.54, 1.807) is 0 Å². The highest BCUT2D eigenvalue weighted by atomic mass is 14.9. The van der Waals surface area contributed by atoms with Gasteiger partial charge in [-0.1, -0.05) is 29.8 Å². The Morgan fingerprint density at radius 2 is 2.00 bits per heavy atom. The molecule has 0 saturated carbocycles. The van der Waals surface area contributed by atoms with Crippen molar-refractivity contribution in [3.63, 3.8) is 0 Å². The molecule has 1 N–H and O–H groups in total. The molecular weight excluding hydrogens is 172 g/mol. The molecule has 1 aliphatic rings. The van der Waals surface area contributed by atoms with Gasteiger partial charge in [-0.3, -0.25) is 0 Å². The minimum atomic E-state index is 0.137. The van der Waals surface area contributed by atoms with Gasteiger partial charge in [0.05, 0.1) is 12.0 Å². The number of benzene rings is 1. The second-order valence-electron chi connectivity index (χ2n) is 3.91. The van der Waals surface area contributed by atoms with Crippen molar-refractivity contribution in [3.8, 4) is 6.07 Å². The van der Waals surface area contributed by atoms with Gasteiger partial charge in [0, 0.05) is 19.0 Å². The second kappa shape index (κ2) is 3.81. The number of nitriles is 1. The Hall–Kier alpha value is -1.33. The number of hydrogen-bond acceptors (Lipinski definition) is 2. The molecule has 2 nitrogen and oxygen atoms in total. The van der Waals surface area contributed by atoms with E-state index in [4.69, 9.17) is 5.26 Å². The molecule has 1 aromatic rings. The van der Waals surface area contributed by atoms with Crippen molar-refractivity contribution >= 4 is 0 Å². The molecule has 0 aliphatic carbocycles. The standard InChI is InChI=1S/C12H14N2/c1-9-2-4-10(5-3-9)12-8-14-7-11(12)6-13/h2-5,11-12,14H,7-8H2,1H3/t11-,12-/m1/s1. The Kier molecular flexibility index (Phi) is 2.51. The summed E-state index contributed by atoms with van der Waals surface area (Å²) < 4.78 is 0. The average molecular weight is 186 g/mol. The van der Waals surface area contributed by atoms with Crippen LogP contribution in [0.25, 0.3) is 0 Å². The summed E-state index contributed by atoms with van der Waals surface area (Å²) in [5.74, 6) is 0.512. The van der Waals surface area contributed by atoms with E-state index in [0.717, 1.165) is 13.1 Å². The third-order valence-electron chi connectivity index (χ3n) is 2.89. The molecule has 1 saturated heterocycles. The van der Waals surface area contributed by atoms with Gasteiger partial charge in [0.1, 0.15) is 0 Å². The maximum Gasteiger partial charge on any atom is 0.0676 e. The highest BCUT2D eigenvalue weighted by Gasteiger charge is 2.27. The number of aryl methyl sites for hydroxylation is 1. The lowest BCUT2D eigenvalue weighted by Gasteiger charge is -2.12. The topological polar surface area (TPSA) is 35.8 Å². The number of rotatable bonds is 1. The van der Waals surface area contributed by atoms with Gasteiger partial charge >= 0.3 is 0 Å². The first-order chi connectivity index (χ1) is 6.81. The average Bonchev–Trinajstić information content (AvgIpc) is 2.67. The van der Waals surface area contributed by atoms with Crippen molar-refractivity contribution in [3.05, 3.63) is 35.4 Å². The molecule has 1 aromatic carbocycles. The van der Waals surface area contributed by atoms with Gasteiger partial charge in [0.2, 0.25) is 0 Å². The summed E-state index contributed by atoms with van der Waals surface area (Å²) in [6.07, 6.45) is 0. The predicted octanol–water partition coefficient (Wildman–Crippen LogP) is 1.82. The lowest BCUT2D eigenvalue weighted by molar-refractivity contribution is 0.646. The molecule has 72 valence electrons. The summed E-state index contributed by atoms with van der Waals surface area (Å²) in [6, 6.07) is 10.9. The first-order valence-corrected chi connectivity index (χ1v) is 4.98. The Bertz CT molecular complexity index is 348. The molecule has 14 heavy (non-hydrogen) atoms. The fourth-order valence-corrected chi connectivity index (χ4v) is 1.98. The maximum atomic E-state index is 8.96. The Balaban J connectivity index is 2.23. The van der Waals surface area contributed by atoms with E-state index in [1.807, 2.05) is 0 Å². The van der Waals surface area contributed by atoms with Gasteiger partial charge in [-0.25, -0.2) is 0 Å². The second-order valence-corrected chi connectivity index (χ2v) is 3.91. The third-order valence-corrected chi connectivity index (χ3v) is 2.89. The minimum Gasteiger partial charge on any atom is -0.315 e. The molecular formula is C12H14N2. The number of nitrogens with zero attached hydrogens (tertiary/aromatic N) is 1. The van der Waals surface area contributed by atoms with Crippen LogP contribution < -0.4 is 5.32 Å². The Morgan fingerprint density at radius 3 is 2.64 bits per heavy atom. The lowest BCUT2D eigenvalue weighted by Crippen LogP contribution is -2.08. The van der Waals surface area contributed by atoms with Crippen LogP contribution in [0.15, 0.2) is 24.3 Å². The zero-order chi connectivity index (χ0) is 9.97. The largest absolute Gasteiger partial charge is 0.315 e. The molecule has 0 spiro atoms. The fraction of sp³-hybridized carbons (Fsp3) is 0.417. The van der Waals surface area contributed by atoms with Crippen molar-refractivity contribution in [2.75, 3.05) is 13.1 Å². The molecule has 2 atom stereocenters. The molecule has 2 heteroatoms. The first kappa shape index (κ1) is 9.23.